The van der Waals surface area contributed by atoms with Crippen LogP contribution in [-0.2, 0) is 0 Å². The molecule has 0 unspecified atom stereocenters. The molecule has 0 fully saturated rings. The molecule has 0 amide bonds. The Morgan fingerprint density at radius 3 is 2.48 bits per heavy atom. The second-order valence-electron chi connectivity index (χ2n) is 5.59. The third-order valence-electron chi connectivity index (χ3n) is 3.90. The number of ether oxygens (including phenoxy) is 2. The van der Waals surface area contributed by atoms with Gasteiger partial charge in [0.2, 0.25) is 0 Å². The van der Waals surface area contributed by atoms with E-state index in [1.54, 1.807) is 55.7 Å². The van der Waals surface area contributed by atoms with Crippen molar-refractivity contribution in [3.63, 3.8) is 0 Å². The quantitative estimate of drug-likeness (QED) is 0.365. The van der Waals surface area contributed by atoms with Crippen molar-refractivity contribution < 1.29 is 18.7 Å². The maximum absolute atomic E-state index is 12.5. The fourth-order valence-electron chi connectivity index (χ4n) is 2.50. The number of hydrogen-bond acceptors (Lipinski definition) is 4. The molecule has 0 saturated carbocycles. The first-order valence-electron chi connectivity index (χ1n) is 8.01. The lowest BCUT2D eigenvalue weighted by Gasteiger charge is -2.07. The molecule has 0 spiro atoms. The Morgan fingerprint density at radius 1 is 0.963 bits per heavy atom. The zero-order chi connectivity index (χ0) is 19.4. The van der Waals surface area contributed by atoms with E-state index in [0.29, 0.717) is 38.6 Å². The van der Waals surface area contributed by atoms with Gasteiger partial charge in [0.25, 0.3) is 0 Å². The first kappa shape index (κ1) is 19.1. The van der Waals surface area contributed by atoms with Crippen molar-refractivity contribution in [3.8, 4) is 22.8 Å². The van der Waals surface area contributed by atoms with E-state index in [1.807, 2.05) is 6.07 Å². The van der Waals surface area contributed by atoms with Crippen LogP contribution in [0.3, 0.4) is 0 Å². The highest BCUT2D eigenvalue weighted by Gasteiger charge is 2.12. The molecule has 138 valence electrons. The Hall–Kier alpha value is -2.69. The minimum absolute atomic E-state index is 0.224. The van der Waals surface area contributed by atoms with E-state index in [0.717, 1.165) is 5.56 Å². The van der Waals surface area contributed by atoms with Crippen molar-refractivity contribution in [1.82, 2.24) is 0 Å². The van der Waals surface area contributed by atoms with Gasteiger partial charge in [-0.2, -0.15) is 0 Å². The molecule has 6 heteroatoms. The summed E-state index contributed by atoms with van der Waals surface area (Å²) < 4.78 is 16.2. The average molecular weight is 403 g/mol. The number of benzene rings is 2. The molecule has 0 aliphatic carbocycles. The van der Waals surface area contributed by atoms with Crippen LogP contribution in [0.4, 0.5) is 0 Å². The van der Waals surface area contributed by atoms with Crippen molar-refractivity contribution in [2.24, 2.45) is 0 Å². The van der Waals surface area contributed by atoms with E-state index in [2.05, 4.69) is 0 Å². The van der Waals surface area contributed by atoms with Crippen LogP contribution in [0.5, 0.6) is 11.5 Å². The summed E-state index contributed by atoms with van der Waals surface area (Å²) in [4.78, 5) is 12.5. The number of ketones is 1. The third-order valence-corrected chi connectivity index (χ3v) is 4.64. The lowest BCUT2D eigenvalue weighted by Crippen LogP contribution is -1.99. The van der Waals surface area contributed by atoms with Gasteiger partial charge in [0, 0.05) is 5.56 Å². The van der Waals surface area contributed by atoms with Crippen LogP contribution in [0.2, 0.25) is 10.0 Å². The molecular formula is C21H16Cl2O4. The van der Waals surface area contributed by atoms with Gasteiger partial charge in [-0.25, -0.2) is 0 Å². The molecule has 27 heavy (non-hydrogen) atoms. The van der Waals surface area contributed by atoms with Crippen LogP contribution in [-0.4, -0.2) is 20.0 Å². The average Bonchev–Trinajstić information content (AvgIpc) is 3.16. The van der Waals surface area contributed by atoms with Gasteiger partial charge in [-0.15, -0.1) is 0 Å². The largest absolute Gasteiger partial charge is 0.497 e. The molecule has 0 aliphatic heterocycles. The van der Waals surface area contributed by atoms with Crippen LogP contribution in [0, 0.1) is 0 Å². The van der Waals surface area contributed by atoms with Gasteiger partial charge in [0.1, 0.15) is 23.0 Å². The van der Waals surface area contributed by atoms with Crippen LogP contribution < -0.4 is 9.47 Å². The lowest BCUT2D eigenvalue weighted by atomic mass is 10.1. The van der Waals surface area contributed by atoms with Crippen molar-refractivity contribution in [2.75, 3.05) is 14.2 Å². The summed E-state index contributed by atoms with van der Waals surface area (Å²) in [6.45, 7) is 0. The van der Waals surface area contributed by atoms with E-state index in [4.69, 9.17) is 37.1 Å². The lowest BCUT2D eigenvalue weighted by molar-refractivity contribution is 0.104. The van der Waals surface area contributed by atoms with Crippen LogP contribution in [0.1, 0.15) is 16.1 Å². The highest BCUT2D eigenvalue weighted by Crippen LogP contribution is 2.30. The zero-order valence-corrected chi connectivity index (χ0v) is 16.2. The molecule has 0 saturated heterocycles. The number of methoxy groups -OCH3 is 2. The summed E-state index contributed by atoms with van der Waals surface area (Å²) in [5.41, 5.74) is 1.20. The SMILES string of the molecule is COc1ccc(OC)c(C(=O)/C=C/c2ccc(-c3ccc(Cl)c(Cl)c3)o2)c1. The molecule has 1 aromatic heterocycles. The molecule has 0 N–H and O–H groups in total. The number of furan rings is 1. The van der Waals surface area contributed by atoms with Crippen LogP contribution in [0.15, 0.2) is 59.0 Å². The molecule has 3 aromatic rings. The van der Waals surface area contributed by atoms with Gasteiger partial charge in [0.15, 0.2) is 5.78 Å². The van der Waals surface area contributed by atoms with Crippen LogP contribution >= 0.6 is 23.2 Å². The Bertz CT molecular complexity index is 1010. The summed E-state index contributed by atoms with van der Waals surface area (Å²) in [6.07, 6.45) is 3.02. The van der Waals surface area contributed by atoms with Crippen LogP contribution in [0.25, 0.3) is 17.4 Å². The molecule has 0 atom stereocenters. The van der Waals surface area contributed by atoms with E-state index in [9.17, 15) is 4.79 Å². The number of carbonyl (C=O) groups is 1. The number of carbonyl (C=O) groups excluding carboxylic acids is 1. The molecule has 0 radical (unpaired) electrons. The monoisotopic (exact) mass is 402 g/mol. The number of halogens is 2. The van der Waals surface area contributed by atoms with Gasteiger partial charge in [-0.3, -0.25) is 4.79 Å². The molecule has 3 rings (SSSR count). The minimum atomic E-state index is -0.224. The smallest absolute Gasteiger partial charge is 0.189 e. The molecular weight excluding hydrogens is 387 g/mol. The summed E-state index contributed by atoms with van der Waals surface area (Å²) >= 11 is 12.0. The Balaban J connectivity index is 1.81. The standard InChI is InChI=1S/C21H16Cl2O4/c1-25-15-6-10-21(26-2)16(12-15)19(24)8-4-14-5-9-20(27-14)13-3-7-17(22)18(23)11-13/h3-12H,1-2H3/b8-4+. The maximum atomic E-state index is 12.5. The summed E-state index contributed by atoms with van der Waals surface area (Å²) in [7, 11) is 3.05. The molecule has 4 nitrogen and oxygen atoms in total. The molecule has 2 aromatic carbocycles. The highest BCUT2D eigenvalue weighted by atomic mass is 35.5. The summed E-state index contributed by atoms with van der Waals surface area (Å²) in [5.74, 6) is 1.98. The van der Waals surface area contributed by atoms with E-state index in [-0.39, 0.29) is 5.78 Å². The predicted molar refractivity (Wildman–Crippen MR) is 107 cm³/mol. The van der Waals surface area contributed by atoms with E-state index >= 15 is 0 Å². The number of rotatable bonds is 6. The molecule has 0 aliphatic rings. The van der Waals surface area contributed by atoms with Gasteiger partial charge < -0.3 is 13.9 Å². The van der Waals surface area contributed by atoms with E-state index < -0.39 is 0 Å². The topological polar surface area (TPSA) is 48.7 Å². The fraction of sp³-hybridized carbons (Fsp3) is 0.0952. The summed E-state index contributed by atoms with van der Waals surface area (Å²) in [6, 6.07) is 13.9. The van der Waals surface area contributed by atoms with Gasteiger partial charge in [0.05, 0.1) is 29.8 Å². The first-order chi connectivity index (χ1) is 13.0. The second-order valence-corrected chi connectivity index (χ2v) is 6.41. The second kappa shape index (κ2) is 8.33. The third kappa shape index (κ3) is 4.35. The summed E-state index contributed by atoms with van der Waals surface area (Å²) in [5, 5.41) is 0.924. The Kier molecular flexibility index (Phi) is 5.89. The Labute approximate surface area is 166 Å². The van der Waals surface area contributed by atoms with Crippen molar-refractivity contribution in [2.45, 2.75) is 0 Å². The zero-order valence-electron chi connectivity index (χ0n) is 14.7. The maximum Gasteiger partial charge on any atom is 0.189 e. The molecule has 1 heterocycles. The number of allylic oxidation sites excluding steroid dienone is 1. The fourth-order valence-corrected chi connectivity index (χ4v) is 2.80. The Morgan fingerprint density at radius 2 is 1.78 bits per heavy atom. The first-order valence-corrected chi connectivity index (χ1v) is 8.77. The van der Waals surface area contributed by atoms with Gasteiger partial charge >= 0.3 is 0 Å². The minimum Gasteiger partial charge on any atom is -0.497 e. The van der Waals surface area contributed by atoms with Crippen molar-refractivity contribution in [1.29, 1.82) is 0 Å². The molecule has 0 bridgehead atoms. The van der Waals surface area contributed by atoms with Crippen molar-refractivity contribution >= 4 is 35.1 Å². The highest BCUT2D eigenvalue weighted by molar-refractivity contribution is 6.42. The van der Waals surface area contributed by atoms with E-state index in [1.165, 1.54) is 13.2 Å². The number of hydrogen-bond donors (Lipinski definition) is 0. The normalized spacial score (nSPS) is 11.0. The van der Waals surface area contributed by atoms with Crippen molar-refractivity contribution in [3.05, 3.63) is 76.0 Å². The van der Waals surface area contributed by atoms with Gasteiger partial charge in [-0.05, 0) is 60.7 Å². The predicted octanol–water partition coefficient (Wildman–Crippen LogP) is 6.17. The van der Waals surface area contributed by atoms with Gasteiger partial charge in [-0.1, -0.05) is 23.2 Å².